The Kier molecular flexibility index (Phi) is 1.47. The van der Waals surface area contributed by atoms with Gasteiger partial charge in [0, 0.05) is 6.04 Å². The number of amides is 1. The van der Waals surface area contributed by atoms with E-state index >= 15 is 0 Å². The monoisotopic (exact) mass is 130 g/mol. The van der Waals surface area contributed by atoms with Crippen LogP contribution >= 0.6 is 0 Å². The van der Waals surface area contributed by atoms with Gasteiger partial charge in [0.1, 0.15) is 0 Å². The third kappa shape index (κ3) is 0.968. The normalized spacial score (nSPS) is 34.2. The predicted molar refractivity (Wildman–Crippen MR) is 32.8 cm³/mol. The molecule has 0 saturated heterocycles. The lowest BCUT2D eigenvalue weighted by Crippen LogP contribution is -2.17. The van der Waals surface area contributed by atoms with Gasteiger partial charge in [-0.2, -0.15) is 0 Å². The summed E-state index contributed by atoms with van der Waals surface area (Å²) in [6, 6.07) is 0.363. The molecule has 0 aromatic carbocycles. The molecule has 3 heteroatoms. The van der Waals surface area contributed by atoms with Gasteiger partial charge in [0.2, 0.25) is 0 Å². The second-order valence-electron chi connectivity index (χ2n) is 2.25. The molecule has 1 fully saturated rings. The van der Waals surface area contributed by atoms with Gasteiger partial charge in [-0.25, -0.2) is 0 Å². The molecule has 46 valence electrons. The van der Waals surface area contributed by atoms with Crippen molar-refractivity contribution in [1.29, 1.82) is 0 Å². The lowest BCUT2D eigenvalue weighted by Gasteiger charge is -2.23. The summed E-state index contributed by atoms with van der Waals surface area (Å²) in [6.07, 6.45) is 1.80. The Labute approximate surface area is 54.4 Å². The van der Waals surface area contributed by atoms with E-state index in [1.54, 1.807) is 0 Å². The minimum absolute atomic E-state index is 0.363. The van der Waals surface area contributed by atoms with Crippen molar-refractivity contribution in [3.05, 3.63) is 0 Å². The van der Waals surface area contributed by atoms with Crippen molar-refractivity contribution in [3.8, 4) is 0 Å². The molecule has 1 rings (SSSR count). The Bertz CT molecular complexity index is 107. The highest BCUT2D eigenvalue weighted by atomic mass is 32.1. The van der Waals surface area contributed by atoms with Gasteiger partial charge in [-0.3, -0.25) is 4.79 Å². The fourth-order valence-corrected chi connectivity index (χ4v) is 1.03. The minimum Gasteiger partial charge on any atom is -0.664 e. The molecule has 0 N–H and O–H groups in total. The molecule has 0 spiro atoms. The van der Waals surface area contributed by atoms with Crippen LogP contribution in [0.2, 0.25) is 0 Å². The lowest BCUT2D eigenvalue weighted by atomic mass is 10.5. The molecule has 0 radical (unpaired) electrons. The summed E-state index contributed by atoms with van der Waals surface area (Å²) in [6.45, 7) is 2.09. The minimum atomic E-state index is 0.363. The highest BCUT2D eigenvalue weighted by Gasteiger charge is 2.32. The van der Waals surface area contributed by atoms with Crippen molar-refractivity contribution in [2.45, 2.75) is 19.4 Å². The molecule has 1 aliphatic carbocycles. The standard InChI is InChI=1S/C5H8NOS/c1-4-2-5(4)6(8)3-7/h3-5H,2H2,1H3/q-1/t4-,5-/m0/s1. The van der Waals surface area contributed by atoms with E-state index in [2.05, 4.69) is 19.7 Å². The molecule has 8 heavy (non-hydrogen) atoms. The maximum Gasteiger partial charge on any atom is 0.187 e. The zero-order valence-corrected chi connectivity index (χ0v) is 5.52. The van der Waals surface area contributed by atoms with Crippen LogP contribution < -0.4 is 0 Å². The Morgan fingerprint density at radius 3 is 2.50 bits per heavy atom. The maximum atomic E-state index is 9.95. The van der Waals surface area contributed by atoms with Crippen LogP contribution in [0.3, 0.4) is 0 Å². The molecule has 0 aliphatic heterocycles. The van der Waals surface area contributed by atoms with Crippen molar-refractivity contribution in [2.24, 2.45) is 5.92 Å². The van der Waals surface area contributed by atoms with Crippen LogP contribution in [0.25, 0.3) is 0 Å². The van der Waals surface area contributed by atoms with Crippen molar-refractivity contribution < 1.29 is 4.79 Å². The van der Waals surface area contributed by atoms with Crippen LogP contribution in [0.5, 0.6) is 0 Å². The first-order valence-corrected chi connectivity index (χ1v) is 3.03. The highest BCUT2D eigenvalue weighted by Crippen LogP contribution is 2.33. The van der Waals surface area contributed by atoms with Crippen molar-refractivity contribution in [2.75, 3.05) is 0 Å². The second kappa shape index (κ2) is 1.97. The molecule has 2 atom stereocenters. The SMILES string of the molecule is C[C@H]1C[C@@H]1N([S-])C=O. The number of hydrogen-bond donors (Lipinski definition) is 0. The molecule has 0 aromatic rings. The fourth-order valence-electron chi connectivity index (χ4n) is 0.735. The Morgan fingerprint density at radius 1 is 1.88 bits per heavy atom. The van der Waals surface area contributed by atoms with Crippen LogP contribution in [0.1, 0.15) is 13.3 Å². The van der Waals surface area contributed by atoms with Crippen molar-refractivity contribution in [3.63, 3.8) is 0 Å². The fraction of sp³-hybridized carbons (Fsp3) is 0.800. The van der Waals surface area contributed by atoms with E-state index < -0.39 is 0 Å². The van der Waals surface area contributed by atoms with E-state index in [0.29, 0.717) is 18.4 Å². The number of nitrogens with zero attached hydrogens (tertiary/aromatic N) is 1. The van der Waals surface area contributed by atoms with Crippen LogP contribution in [0.15, 0.2) is 0 Å². The largest absolute Gasteiger partial charge is 0.664 e. The summed E-state index contributed by atoms with van der Waals surface area (Å²) in [5.41, 5.74) is 0. The van der Waals surface area contributed by atoms with E-state index in [-0.39, 0.29) is 0 Å². The molecule has 0 heterocycles. The third-order valence-corrected chi connectivity index (χ3v) is 1.85. The van der Waals surface area contributed by atoms with Crippen LogP contribution in [0, 0.1) is 5.92 Å². The van der Waals surface area contributed by atoms with Crippen molar-refractivity contribution in [1.82, 2.24) is 4.31 Å². The molecule has 0 unspecified atom stereocenters. The molecule has 1 amide bonds. The van der Waals surface area contributed by atoms with E-state index in [1.165, 1.54) is 4.31 Å². The molecule has 0 bridgehead atoms. The first kappa shape index (κ1) is 5.95. The van der Waals surface area contributed by atoms with E-state index in [4.69, 9.17) is 0 Å². The number of carbonyl (C=O) groups is 1. The average Bonchev–Trinajstić information content (AvgIpc) is 2.45. The van der Waals surface area contributed by atoms with Gasteiger partial charge in [-0.1, -0.05) is 6.92 Å². The Hall–Kier alpha value is -0.180. The molecule has 1 saturated carbocycles. The summed E-state index contributed by atoms with van der Waals surface area (Å²) in [7, 11) is 0. The Balaban J connectivity index is 2.27. The molecule has 1 aliphatic rings. The van der Waals surface area contributed by atoms with Gasteiger partial charge in [-0.15, -0.1) is 0 Å². The van der Waals surface area contributed by atoms with Crippen LogP contribution in [-0.4, -0.2) is 16.8 Å². The average molecular weight is 130 g/mol. The summed E-state index contributed by atoms with van der Waals surface area (Å²) < 4.78 is 1.32. The number of rotatable bonds is 2. The van der Waals surface area contributed by atoms with E-state index in [0.717, 1.165) is 6.42 Å². The predicted octanol–water partition coefficient (Wildman–Crippen LogP) is 0.315. The first-order chi connectivity index (χ1) is 3.75. The summed E-state index contributed by atoms with van der Waals surface area (Å²) >= 11 is 4.67. The van der Waals surface area contributed by atoms with Crippen LogP contribution in [-0.2, 0) is 17.6 Å². The van der Waals surface area contributed by atoms with Gasteiger partial charge < -0.3 is 17.1 Å². The summed E-state index contributed by atoms with van der Waals surface area (Å²) in [4.78, 5) is 9.95. The highest BCUT2D eigenvalue weighted by molar-refractivity contribution is 7.56. The first-order valence-electron chi connectivity index (χ1n) is 2.66. The zero-order valence-electron chi connectivity index (χ0n) is 4.70. The van der Waals surface area contributed by atoms with E-state index in [1.807, 2.05) is 0 Å². The van der Waals surface area contributed by atoms with Gasteiger partial charge >= 0.3 is 0 Å². The third-order valence-electron chi connectivity index (χ3n) is 1.50. The van der Waals surface area contributed by atoms with Crippen LogP contribution in [0.4, 0.5) is 0 Å². The van der Waals surface area contributed by atoms with Gasteiger partial charge in [0.25, 0.3) is 0 Å². The van der Waals surface area contributed by atoms with Gasteiger partial charge in [-0.05, 0) is 12.3 Å². The topological polar surface area (TPSA) is 20.3 Å². The lowest BCUT2D eigenvalue weighted by molar-refractivity contribution is -0.114. The Morgan fingerprint density at radius 2 is 2.38 bits per heavy atom. The zero-order chi connectivity index (χ0) is 6.15. The summed E-state index contributed by atoms with van der Waals surface area (Å²) in [5.74, 6) is 0.637. The van der Waals surface area contributed by atoms with Gasteiger partial charge in [0.15, 0.2) is 6.41 Å². The molecular formula is C5H8NOS-. The quantitative estimate of drug-likeness (QED) is 0.396. The van der Waals surface area contributed by atoms with Gasteiger partial charge in [0.05, 0.1) is 0 Å². The van der Waals surface area contributed by atoms with E-state index in [9.17, 15) is 4.79 Å². The maximum absolute atomic E-state index is 9.95. The van der Waals surface area contributed by atoms with Crippen molar-refractivity contribution >= 4 is 19.2 Å². The molecule has 2 nitrogen and oxygen atoms in total. The number of hydrogen-bond acceptors (Lipinski definition) is 2. The smallest absolute Gasteiger partial charge is 0.187 e. The molecular weight excluding hydrogens is 122 g/mol. The summed E-state index contributed by atoms with van der Waals surface area (Å²) in [5, 5.41) is 0. The number of carbonyl (C=O) groups excluding carboxylic acids is 1. The second-order valence-corrected chi connectivity index (χ2v) is 2.67. The molecule has 0 aromatic heterocycles.